The van der Waals surface area contributed by atoms with Crippen LogP contribution in [0, 0.1) is 6.92 Å². The van der Waals surface area contributed by atoms with Crippen molar-refractivity contribution >= 4 is 12.2 Å². The number of phenolic OH excluding ortho intramolecular Hbond substituents is 1. The zero-order valence-electron chi connectivity index (χ0n) is 10.4. The van der Waals surface area contributed by atoms with Gasteiger partial charge in [0.15, 0.2) is 6.29 Å². The van der Waals surface area contributed by atoms with Gasteiger partial charge in [0.2, 0.25) is 5.91 Å². The van der Waals surface area contributed by atoms with Gasteiger partial charge in [0.25, 0.3) is 0 Å². The summed E-state index contributed by atoms with van der Waals surface area (Å²) in [4.78, 5) is 21.9. The van der Waals surface area contributed by atoms with E-state index in [0.29, 0.717) is 17.4 Å². The van der Waals surface area contributed by atoms with Crippen LogP contribution in [-0.2, 0) is 0 Å². The Morgan fingerprint density at radius 1 is 1.16 bits per heavy atom. The smallest absolute Gasteiger partial charge is 0.248 e. The minimum Gasteiger partial charge on any atom is -0.507 e. The third kappa shape index (κ3) is 2.47. The number of carbonyl (C=O) groups excluding carboxylic acids is 2. The second kappa shape index (κ2) is 4.94. The Bertz CT molecular complexity index is 645. The molecule has 0 fully saturated rings. The van der Waals surface area contributed by atoms with Crippen molar-refractivity contribution < 1.29 is 14.7 Å². The summed E-state index contributed by atoms with van der Waals surface area (Å²) in [5, 5.41) is 9.69. The summed E-state index contributed by atoms with van der Waals surface area (Å²) in [5.74, 6) is -0.491. The standard InChI is InChI=1S/C15H13NO3/c1-9-6-12(7-13(8-17)14(9)18)10-2-4-11(5-3-10)15(16)19/h2-8,18H,1H3,(H2,16,19). The lowest BCUT2D eigenvalue weighted by Crippen LogP contribution is -2.10. The monoisotopic (exact) mass is 255 g/mol. The minimum absolute atomic E-state index is 0.00694. The molecule has 0 saturated carbocycles. The molecule has 2 aromatic rings. The molecule has 0 aromatic heterocycles. The van der Waals surface area contributed by atoms with Crippen molar-refractivity contribution in [1.29, 1.82) is 0 Å². The Hall–Kier alpha value is -2.62. The highest BCUT2D eigenvalue weighted by Crippen LogP contribution is 2.28. The lowest BCUT2D eigenvalue weighted by Gasteiger charge is -2.08. The first-order valence-corrected chi connectivity index (χ1v) is 5.72. The lowest BCUT2D eigenvalue weighted by atomic mass is 9.98. The Labute approximate surface area is 110 Å². The second-order valence-corrected chi connectivity index (χ2v) is 4.29. The van der Waals surface area contributed by atoms with Crippen molar-refractivity contribution in [3.8, 4) is 16.9 Å². The van der Waals surface area contributed by atoms with Crippen molar-refractivity contribution in [3.05, 3.63) is 53.1 Å². The van der Waals surface area contributed by atoms with E-state index in [-0.39, 0.29) is 11.3 Å². The van der Waals surface area contributed by atoms with Gasteiger partial charge in [0.1, 0.15) is 5.75 Å². The molecule has 0 heterocycles. The quantitative estimate of drug-likeness (QED) is 0.825. The zero-order chi connectivity index (χ0) is 14.0. The van der Waals surface area contributed by atoms with Crippen molar-refractivity contribution in [3.63, 3.8) is 0 Å². The Kier molecular flexibility index (Phi) is 3.33. The van der Waals surface area contributed by atoms with Crippen LogP contribution in [0.4, 0.5) is 0 Å². The molecule has 0 saturated heterocycles. The molecular formula is C15H13NO3. The molecule has 0 aliphatic rings. The zero-order valence-corrected chi connectivity index (χ0v) is 10.4. The molecule has 4 heteroatoms. The summed E-state index contributed by atoms with van der Waals surface area (Å²) in [7, 11) is 0. The second-order valence-electron chi connectivity index (χ2n) is 4.29. The van der Waals surface area contributed by atoms with E-state index in [4.69, 9.17) is 5.73 Å². The van der Waals surface area contributed by atoms with E-state index in [2.05, 4.69) is 0 Å². The molecule has 4 nitrogen and oxygen atoms in total. The van der Waals surface area contributed by atoms with E-state index >= 15 is 0 Å². The number of rotatable bonds is 3. The summed E-state index contributed by atoms with van der Waals surface area (Å²) in [6, 6.07) is 10.1. The number of carbonyl (C=O) groups is 2. The van der Waals surface area contributed by atoms with Crippen molar-refractivity contribution in [1.82, 2.24) is 0 Å². The van der Waals surface area contributed by atoms with Gasteiger partial charge in [-0.05, 0) is 47.9 Å². The molecule has 0 atom stereocenters. The Morgan fingerprint density at radius 3 is 2.32 bits per heavy atom. The van der Waals surface area contributed by atoms with Crippen LogP contribution in [0.25, 0.3) is 11.1 Å². The van der Waals surface area contributed by atoms with Crippen LogP contribution < -0.4 is 5.73 Å². The van der Waals surface area contributed by atoms with Crippen LogP contribution in [0.3, 0.4) is 0 Å². The van der Waals surface area contributed by atoms with Gasteiger partial charge in [-0.15, -0.1) is 0 Å². The molecule has 0 unspecified atom stereocenters. The van der Waals surface area contributed by atoms with Crippen molar-refractivity contribution in [2.24, 2.45) is 5.73 Å². The highest BCUT2D eigenvalue weighted by Gasteiger charge is 2.08. The van der Waals surface area contributed by atoms with E-state index in [1.807, 2.05) is 0 Å². The number of primary amides is 1. The van der Waals surface area contributed by atoms with Crippen LogP contribution in [0.2, 0.25) is 0 Å². The fourth-order valence-corrected chi connectivity index (χ4v) is 1.89. The summed E-state index contributed by atoms with van der Waals surface area (Å²) >= 11 is 0. The number of amides is 1. The fraction of sp³-hybridized carbons (Fsp3) is 0.0667. The summed E-state index contributed by atoms with van der Waals surface area (Å²) in [6.45, 7) is 1.73. The van der Waals surface area contributed by atoms with E-state index in [9.17, 15) is 14.7 Å². The molecule has 19 heavy (non-hydrogen) atoms. The van der Waals surface area contributed by atoms with E-state index < -0.39 is 5.91 Å². The van der Waals surface area contributed by atoms with Crippen LogP contribution in [0.5, 0.6) is 5.75 Å². The number of hydrogen-bond acceptors (Lipinski definition) is 3. The van der Waals surface area contributed by atoms with E-state index in [1.54, 1.807) is 43.3 Å². The molecule has 0 radical (unpaired) electrons. The number of aromatic hydroxyl groups is 1. The number of nitrogens with two attached hydrogens (primary N) is 1. The van der Waals surface area contributed by atoms with E-state index in [1.165, 1.54) is 0 Å². The topological polar surface area (TPSA) is 80.4 Å². The predicted molar refractivity (Wildman–Crippen MR) is 72.2 cm³/mol. The van der Waals surface area contributed by atoms with Gasteiger partial charge in [-0.3, -0.25) is 9.59 Å². The molecule has 0 spiro atoms. The molecule has 0 bridgehead atoms. The molecule has 96 valence electrons. The fourth-order valence-electron chi connectivity index (χ4n) is 1.89. The molecule has 0 aliphatic carbocycles. The number of aldehydes is 1. The number of benzene rings is 2. The van der Waals surface area contributed by atoms with Crippen LogP contribution >= 0.6 is 0 Å². The molecule has 2 aromatic carbocycles. The Balaban J connectivity index is 2.50. The summed E-state index contributed by atoms with van der Waals surface area (Å²) in [6.07, 6.45) is 0.615. The van der Waals surface area contributed by atoms with Gasteiger partial charge in [-0.1, -0.05) is 12.1 Å². The van der Waals surface area contributed by atoms with Gasteiger partial charge < -0.3 is 10.8 Å². The van der Waals surface area contributed by atoms with Gasteiger partial charge in [0, 0.05) is 5.56 Å². The van der Waals surface area contributed by atoms with Crippen molar-refractivity contribution in [2.45, 2.75) is 6.92 Å². The largest absolute Gasteiger partial charge is 0.507 e. The lowest BCUT2D eigenvalue weighted by molar-refractivity contribution is 0.1000. The van der Waals surface area contributed by atoms with Crippen LogP contribution in [0.15, 0.2) is 36.4 Å². The van der Waals surface area contributed by atoms with Gasteiger partial charge >= 0.3 is 0 Å². The van der Waals surface area contributed by atoms with Gasteiger partial charge in [0.05, 0.1) is 5.56 Å². The third-order valence-corrected chi connectivity index (χ3v) is 2.96. The molecule has 0 aliphatic heterocycles. The average molecular weight is 255 g/mol. The minimum atomic E-state index is -0.484. The maximum Gasteiger partial charge on any atom is 0.248 e. The van der Waals surface area contributed by atoms with Crippen molar-refractivity contribution in [2.75, 3.05) is 0 Å². The first-order chi connectivity index (χ1) is 9.02. The summed E-state index contributed by atoms with van der Waals surface area (Å²) in [5.41, 5.74) is 8.11. The first kappa shape index (κ1) is 12.8. The highest BCUT2D eigenvalue weighted by molar-refractivity contribution is 5.93. The van der Waals surface area contributed by atoms with Gasteiger partial charge in [-0.2, -0.15) is 0 Å². The molecule has 1 amide bonds. The highest BCUT2D eigenvalue weighted by atomic mass is 16.3. The number of phenols is 1. The van der Waals surface area contributed by atoms with Crippen LogP contribution in [-0.4, -0.2) is 17.3 Å². The number of hydrogen-bond donors (Lipinski definition) is 2. The maximum absolute atomic E-state index is 11.0. The molecule has 2 rings (SSSR count). The van der Waals surface area contributed by atoms with Gasteiger partial charge in [-0.25, -0.2) is 0 Å². The Morgan fingerprint density at radius 2 is 1.79 bits per heavy atom. The first-order valence-electron chi connectivity index (χ1n) is 5.72. The predicted octanol–water partition coefficient (Wildman–Crippen LogP) is 2.28. The summed E-state index contributed by atoms with van der Waals surface area (Å²) < 4.78 is 0. The average Bonchev–Trinajstić information content (AvgIpc) is 2.41. The normalized spacial score (nSPS) is 10.2. The molecule has 3 N–H and O–H groups in total. The van der Waals surface area contributed by atoms with E-state index in [0.717, 1.165) is 11.1 Å². The maximum atomic E-state index is 11.0. The SMILES string of the molecule is Cc1cc(-c2ccc(C(N)=O)cc2)cc(C=O)c1O. The third-order valence-electron chi connectivity index (χ3n) is 2.96. The molecular weight excluding hydrogens is 242 g/mol. The van der Waals surface area contributed by atoms with Crippen LogP contribution in [0.1, 0.15) is 26.3 Å². The number of aryl methyl sites for hydroxylation is 1.